The molecule has 0 saturated heterocycles. The Morgan fingerprint density at radius 3 is 2.39 bits per heavy atom. The van der Waals surface area contributed by atoms with Crippen LogP contribution in [0.1, 0.15) is 32.1 Å². The number of nitrogens with zero attached hydrogens (tertiary/aromatic N) is 1. The predicted molar refractivity (Wildman–Crippen MR) is 79.3 cm³/mol. The Morgan fingerprint density at radius 1 is 1.13 bits per heavy atom. The first-order chi connectivity index (χ1) is 10.6. The summed E-state index contributed by atoms with van der Waals surface area (Å²) in [6, 6.07) is 5.20. The fourth-order valence-electron chi connectivity index (χ4n) is 1.74. The normalized spacial score (nSPS) is 12.1. The van der Waals surface area contributed by atoms with Gasteiger partial charge in [0.2, 0.25) is 0 Å². The van der Waals surface area contributed by atoms with E-state index in [0.29, 0.717) is 5.76 Å². The maximum Gasteiger partial charge on any atom is 0.416 e. The SMILES string of the molecule is CC(C)(C)c1cc(NC(=O)Nc2cccc(C(F)(F)F)c2)no1. The Morgan fingerprint density at radius 2 is 1.83 bits per heavy atom. The van der Waals surface area contributed by atoms with Gasteiger partial charge in [0.25, 0.3) is 0 Å². The van der Waals surface area contributed by atoms with E-state index >= 15 is 0 Å². The quantitative estimate of drug-likeness (QED) is 0.845. The highest BCUT2D eigenvalue weighted by molar-refractivity contribution is 5.99. The van der Waals surface area contributed by atoms with E-state index in [-0.39, 0.29) is 16.9 Å². The third kappa shape index (κ3) is 4.48. The zero-order valence-corrected chi connectivity index (χ0v) is 12.8. The Balaban J connectivity index is 2.04. The van der Waals surface area contributed by atoms with E-state index in [1.165, 1.54) is 12.1 Å². The van der Waals surface area contributed by atoms with Crippen molar-refractivity contribution in [1.82, 2.24) is 5.16 Å². The van der Waals surface area contributed by atoms with Gasteiger partial charge in [0.15, 0.2) is 5.82 Å². The van der Waals surface area contributed by atoms with Crippen LogP contribution in [0.25, 0.3) is 0 Å². The first-order valence-corrected chi connectivity index (χ1v) is 6.78. The highest BCUT2D eigenvalue weighted by Crippen LogP contribution is 2.30. The number of carbonyl (C=O) groups excluding carboxylic acids is 1. The van der Waals surface area contributed by atoms with Crippen molar-refractivity contribution in [3.05, 3.63) is 41.7 Å². The first-order valence-electron chi connectivity index (χ1n) is 6.78. The average molecular weight is 327 g/mol. The Kier molecular flexibility index (Phi) is 4.35. The molecule has 2 rings (SSSR count). The molecule has 0 bridgehead atoms. The molecule has 0 radical (unpaired) electrons. The second kappa shape index (κ2) is 5.94. The molecule has 1 heterocycles. The van der Waals surface area contributed by atoms with E-state index in [1.54, 1.807) is 6.07 Å². The Bertz CT molecular complexity index is 702. The second-order valence-corrected chi connectivity index (χ2v) is 5.98. The zero-order chi connectivity index (χ0) is 17.3. The molecule has 0 atom stereocenters. The molecule has 2 amide bonds. The van der Waals surface area contributed by atoms with Crippen LogP contribution in [0.3, 0.4) is 0 Å². The summed E-state index contributed by atoms with van der Waals surface area (Å²) in [6.45, 7) is 5.75. The van der Waals surface area contributed by atoms with Gasteiger partial charge in [-0.1, -0.05) is 32.0 Å². The highest BCUT2D eigenvalue weighted by Gasteiger charge is 2.30. The number of hydrogen-bond donors (Lipinski definition) is 2. The summed E-state index contributed by atoms with van der Waals surface area (Å²) in [5.41, 5.74) is -1.09. The molecule has 0 saturated carbocycles. The molecule has 8 heteroatoms. The number of anilines is 2. The van der Waals surface area contributed by atoms with Gasteiger partial charge in [0.1, 0.15) is 5.76 Å². The molecule has 2 aromatic rings. The van der Waals surface area contributed by atoms with Crippen LogP contribution in [0.5, 0.6) is 0 Å². The lowest BCUT2D eigenvalue weighted by atomic mass is 9.93. The molecule has 124 valence electrons. The molecular weight excluding hydrogens is 311 g/mol. The van der Waals surface area contributed by atoms with Crippen LogP contribution in [-0.4, -0.2) is 11.2 Å². The van der Waals surface area contributed by atoms with Crippen molar-refractivity contribution in [3.8, 4) is 0 Å². The van der Waals surface area contributed by atoms with Crippen molar-refractivity contribution in [2.75, 3.05) is 10.6 Å². The van der Waals surface area contributed by atoms with E-state index in [4.69, 9.17) is 4.52 Å². The average Bonchev–Trinajstić information content (AvgIpc) is 2.86. The number of aromatic nitrogens is 1. The monoisotopic (exact) mass is 327 g/mol. The van der Waals surface area contributed by atoms with Crippen LogP contribution in [0.2, 0.25) is 0 Å². The Labute approximate surface area is 130 Å². The van der Waals surface area contributed by atoms with E-state index in [2.05, 4.69) is 15.8 Å². The minimum absolute atomic E-state index is 0.0249. The van der Waals surface area contributed by atoms with Crippen LogP contribution in [-0.2, 0) is 11.6 Å². The van der Waals surface area contributed by atoms with E-state index in [1.807, 2.05) is 20.8 Å². The van der Waals surface area contributed by atoms with Gasteiger partial charge >= 0.3 is 12.2 Å². The van der Waals surface area contributed by atoms with Crippen molar-refractivity contribution in [2.45, 2.75) is 32.4 Å². The van der Waals surface area contributed by atoms with E-state index in [9.17, 15) is 18.0 Å². The largest absolute Gasteiger partial charge is 0.416 e. The second-order valence-electron chi connectivity index (χ2n) is 5.98. The van der Waals surface area contributed by atoms with Crippen LogP contribution in [0, 0.1) is 0 Å². The fourth-order valence-corrected chi connectivity index (χ4v) is 1.74. The van der Waals surface area contributed by atoms with Gasteiger partial charge < -0.3 is 9.84 Å². The standard InChI is InChI=1S/C15H16F3N3O2/c1-14(2,3)11-8-12(21-23-11)20-13(22)19-10-6-4-5-9(7-10)15(16,17)18/h4-8H,1-3H3,(H2,19,20,21,22). The maximum absolute atomic E-state index is 12.6. The van der Waals surface area contributed by atoms with Crippen molar-refractivity contribution >= 4 is 17.5 Å². The molecule has 1 aromatic heterocycles. The third-order valence-electron chi connectivity index (χ3n) is 2.94. The summed E-state index contributed by atoms with van der Waals surface area (Å²) in [5.74, 6) is 0.756. The van der Waals surface area contributed by atoms with Gasteiger partial charge in [-0.05, 0) is 18.2 Å². The smallest absolute Gasteiger partial charge is 0.359 e. The van der Waals surface area contributed by atoms with Crippen LogP contribution in [0.4, 0.5) is 29.5 Å². The number of halogens is 3. The zero-order valence-electron chi connectivity index (χ0n) is 12.8. The van der Waals surface area contributed by atoms with Crippen LogP contribution < -0.4 is 10.6 Å². The van der Waals surface area contributed by atoms with Crippen molar-refractivity contribution in [3.63, 3.8) is 0 Å². The van der Waals surface area contributed by atoms with Crippen molar-refractivity contribution in [2.24, 2.45) is 0 Å². The number of rotatable bonds is 2. The molecule has 0 aliphatic rings. The number of urea groups is 1. The molecule has 0 fully saturated rings. The van der Waals surface area contributed by atoms with Gasteiger partial charge in [-0.15, -0.1) is 0 Å². The molecule has 2 N–H and O–H groups in total. The van der Waals surface area contributed by atoms with Gasteiger partial charge in [-0.25, -0.2) is 4.79 Å². The summed E-state index contributed by atoms with van der Waals surface area (Å²) in [6.07, 6.45) is -4.47. The number of carbonyl (C=O) groups is 1. The summed E-state index contributed by atoms with van der Waals surface area (Å²) < 4.78 is 43.0. The number of alkyl halides is 3. The molecule has 1 aromatic carbocycles. The summed E-state index contributed by atoms with van der Waals surface area (Å²) in [4.78, 5) is 11.8. The number of nitrogens with one attached hydrogen (secondary N) is 2. The number of amides is 2. The third-order valence-corrected chi connectivity index (χ3v) is 2.94. The first kappa shape index (κ1) is 16.9. The molecule has 0 aliphatic carbocycles. The van der Waals surface area contributed by atoms with Crippen LogP contribution in [0.15, 0.2) is 34.9 Å². The van der Waals surface area contributed by atoms with Gasteiger partial charge in [-0.3, -0.25) is 5.32 Å². The van der Waals surface area contributed by atoms with E-state index < -0.39 is 17.8 Å². The molecular formula is C15H16F3N3O2. The minimum atomic E-state index is -4.47. The lowest BCUT2D eigenvalue weighted by Crippen LogP contribution is -2.20. The molecule has 0 spiro atoms. The molecule has 5 nitrogen and oxygen atoms in total. The summed E-state index contributed by atoms with van der Waals surface area (Å²) >= 11 is 0. The molecule has 0 unspecified atom stereocenters. The lowest BCUT2D eigenvalue weighted by molar-refractivity contribution is -0.137. The maximum atomic E-state index is 12.6. The summed E-state index contributed by atoms with van der Waals surface area (Å²) in [5, 5.41) is 8.42. The molecule has 0 aliphatic heterocycles. The van der Waals surface area contributed by atoms with Crippen LogP contribution >= 0.6 is 0 Å². The minimum Gasteiger partial charge on any atom is -0.359 e. The Hall–Kier alpha value is -2.51. The highest BCUT2D eigenvalue weighted by atomic mass is 19.4. The van der Waals surface area contributed by atoms with Gasteiger partial charge in [0, 0.05) is 17.2 Å². The number of benzene rings is 1. The molecule has 23 heavy (non-hydrogen) atoms. The van der Waals surface area contributed by atoms with Gasteiger partial charge in [-0.2, -0.15) is 13.2 Å². The topological polar surface area (TPSA) is 67.2 Å². The predicted octanol–water partition coefficient (Wildman–Crippen LogP) is 4.63. The summed E-state index contributed by atoms with van der Waals surface area (Å²) in [7, 11) is 0. The van der Waals surface area contributed by atoms with Crippen molar-refractivity contribution in [1.29, 1.82) is 0 Å². The fraction of sp³-hybridized carbons (Fsp3) is 0.333. The van der Waals surface area contributed by atoms with Gasteiger partial charge in [0.05, 0.1) is 5.56 Å². The number of hydrogen-bond acceptors (Lipinski definition) is 3. The van der Waals surface area contributed by atoms with Crippen molar-refractivity contribution < 1.29 is 22.5 Å². The van der Waals surface area contributed by atoms with E-state index in [0.717, 1.165) is 12.1 Å². The lowest BCUT2D eigenvalue weighted by Gasteiger charge is -2.12.